The summed E-state index contributed by atoms with van der Waals surface area (Å²) in [6, 6.07) is 11.7. The molecule has 3 rings (SSSR count). The van der Waals surface area contributed by atoms with E-state index < -0.39 is 0 Å². The molecule has 1 heterocycles. The minimum Gasteiger partial charge on any atom is -0.497 e. The summed E-state index contributed by atoms with van der Waals surface area (Å²) in [5.74, 6) is 1.55. The molecule has 0 saturated carbocycles. The van der Waals surface area contributed by atoms with Gasteiger partial charge in [-0.15, -0.1) is 0 Å². The van der Waals surface area contributed by atoms with Crippen LogP contribution in [-0.2, 0) is 6.54 Å². The van der Waals surface area contributed by atoms with Crippen molar-refractivity contribution in [2.24, 2.45) is 4.99 Å². The number of methoxy groups -OCH3 is 1. The summed E-state index contributed by atoms with van der Waals surface area (Å²) in [6.07, 6.45) is 2.08. The second kappa shape index (κ2) is 8.10. The fourth-order valence-corrected chi connectivity index (χ4v) is 4.09. The van der Waals surface area contributed by atoms with E-state index in [0.29, 0.717) is 5.56 Å². The Kier molecular flexibility index (Phi) is 5.84. The lowest BCUT2D eigenvalue weighted by Gasteiger charge is -2.05. The van der Waals surface area contributed by atoms with Gasteiger partial charge in [0.25, 0.3) is 5.91 Å². The zero-order valence-electron chi connectivity index (χ0n) is 15.4. The second-order valence-corrected chi connectivity index (χ2v) is 8.07. The first-order valence-corrected chi connectivity index (χ1v) is 10.6. The lowest BCUT2D eigenvalue weighted by Crippen LogP contribution is -2.18. The summed E-state index contributed by atoms with van der Waals surface area (Å²) in [6.45, 7) is 4.85. The van der Waals surface area contributed by atoms with Gasteiger partial charge in [0.15, 0.2) is 4.80 Å². The first-order valence-electron chi connectivity index (χ1n) is 8.36. The summed E-state index contributed by atoms with van der Waals surface area (Å²) in [5, 5.41) is 0. The number of hydrogen-bond donors (Lipinski definition) is 0. The summed E-state index contributed by atoms with van der Waals surface area (Å²) >= 11 is 3.31. The Bertz CT molecular complexity index is 1020. The molecule has 0 atom stereocenters. The highest BCUT2D eigenvalue weighted by Gasteiger charge is 2.11. The highest BCUT2D eigenvalue weighted by Crippen LogP contribution is 2.23. The van der Waals surface area contributed by atoms with Crippen LogP contribution in [0.2, 0.25) is 0 Å². The molecule has 0 unspecified atom stereocenters. The highest BCUT2D eigenvalue weighted by molar-refractivity contribution is 7.98. The quantitative estimate of drug-likeness (QED) is 0.651. The molecule has 0 aliphatic carbocycles. The van der Waals surface area contributed by atoms with Gasteiger partial charge >= 0.3 is 0 Å². The zero-order chi connectivity index (χ0) is 18.7. The predicted molar refractivity (Wildman–Crippen MR) is 111 cm³/mol. The number of aromatic nitrogens is 1. The lowest BCUT2D eigenvalue weighted by molar-refractivity contribution is 0.0998. The number of nitrogens with zero attached hydrogens (tertiary/aromatic N) is 2. The number of carbonyl (C=O) groups excluding carboxylic acids is 1. The van der Waals surface area contributed by atoms with E-state index in [1.54, 1.807) is 18.9 Å². The monoisotopic (exact) mass is 386 g/mol. The SMILES string of the molecule is COc1ccc2sc(=NC(=O)c3ccc(C)c(C)c3)n(CCSC)c2c1. The van der Waals surface area contributed by atoms with Crippen LogP contribution in [0.25, 0.3) is 10.2 Å². The number of carbonyl (C=O) groups is 1. The van der Waals surface area contributed by atoms with Crippen molar-refractivity contribution in [3.8, 4) is 5.75 Å². The standard InChI is InChI=1S/C20H22N2O2S2/c1-13-5-6-15(11-14(13)2)19(23)21-20-22(9-10-25-4)17-12-16(24-3)7-8-18(17)26-20/h5-8,11-12H,9-10H2,1-4H3. The Hall–Kier alpha value is -2.05. The number of fused-ring (bicyclic) bond motifs is 1. The zero-order valence-corrected chi connectivity index (χ0v) is 17.0. The van der Waals surface area contributed by atoms with Gasteiger partial charge in [-0.1, -0.05) is 17.4 Å². The Morgan fingerprint density at radius 3 is 2.69 bits per heavy atom. The van der Waals surface area contributed by atoms with Crippen molar-refractivity contribution in [1.29, 1.82) is 0 Å². The van der Waals surface area contributed by atoms with E-state index in [1.165, 1.54) is 16.9 Å². The lowest BCUT2D eigenvalue weighted by atomic mass is 10.1. The molecule has 0 aliphatic rings. The number of thiazole rings is 1. The first-order chi connectivity index (χ1) is 12.5. The van der Waals surface area contributed by atoms with Gasteiger partial charge < -0.3 is 9.30 Å². The summed E-state index contributed by atoms with van der Waals surface area (Å²) in [4.78, 5) is 17.9. The average Bonchev–Trinajstić information content (AvgIpc) is 2.98. The van der Waals surface area contributed by atoms with Crippen molar-refractivity contribution in [3.05, 3.63) is 57.9 Å². The Labute approximate surface area is 161 Å². The van der Waals surface area contributed by atoms with Crippen LogP contribution >= 0.6 is 23.1 Å². The summed E-state index contributed by atoms with van der Waals surface area (Å²) < 4.78 is 8.56. The van der Waals surface area contributed by atoms with Crippen molar-refractivity contribution in [2.75, 3.05) is 19.1 Å². The number of rotatable bonds is 5. The molecular formula is C20H22N2O2S2. The number of ether oxygens (including phenoxy) is 1. The molecule has 26 heavy (non-hydrogen) atoms. The molecule has 6 heteroatoms. The Morgan fingerprint density at radius 2 is 2.00 bits per heavy atom. The van der Waals surface area contributed by atoms with Gasteiger partial charge in [-0.25, -0.2) is 0 Å². The van der Waals surface area contributed by atoms with Crippen LogP contribution < -0.4 is 9.54 Å². The molecule has 1 aromatic heterocycles. The van der Waals surface area contributed by atoms with Crippen molar-refractivity contribution in [1.82, 2.24) is 4.57 Å². The van der Waals surface area contributed by atoms with E-state index in [9.17, 15) is 4.79 Å². The average molecular weight is 387 g/mol. The molecule has 4 nitrogen and oxygen atoms in total. The maximum Gasteiger partial charge on any atom is 0.279 e. The Balaban J connectivity index is 2.10. The maximum absolute atomic E-state index is 12.7. The van der Waals surface area contributed by atoms with Crippen molar-refractivity contribution in [2.45, 2.75) is 20.4 Å². The van der Waals surface area contributed by atoms with Crippen molar-refractivity contribution in [3.63, 3.8) is 0 Å². The molecule has 0 bridgehead atoms. The van der Waals surface area contributed by atoms with Crippen LogP contribution in [0.4, 0.5) is 0 Å². The molecule has 136 valence electrons. The van der Waals surface area contributed by atoms with Gasteiger partial charge in [0, 0.05) is 23.9 Å². The van der Waals surface area contributed by atoms with Crippen LogP contribution in [0.3, 0.4) is 0 Å². The van der Waals surface area contributed by atoms with E-state index in [0.717, 1.165) is 38.6 Å². The highest BCUT2D eigenvalue weighted by atomic mass is 32.2. The molecule has 0 aliphatic heterocycles. The molecule has 0 fully saturated rings. The molecule has 0 radical (unpaired) electrons. The number of amides is 1. The van der Waals surface area contributed by atoms with E-state index >= 15 is 0 Å². The van der Waals surface area contributed by atoms with E-state index in [2.05, 4.69) is 15.8 Å². The van der Waals surface area contributed by atoms with E-state index in [4.69, 9.17) is 4.74 Å². The fraction of sp³-hybridized carbons (Fsp3) is 0.300. The Morgan fingerprint density at radius 1 is 1.19 bits per heavy atom. The fourth-order valence-electron chi connectivity index (χ4n) is 2.69. The first kappa shape index (κ1) is 18.7. The largest absolute Gasteiger partial charge is 0.497 e. The topological polar surface area (TPSA) is 43.6 Å². The number of hydrogen-bond acceptors (Lipinski definition) is 4. The molecule has 0 saturated heterocycles. The van der Waals surface area contributed by atoms with Crippen LogP contribution in [0, 0.1) is 13.8 Å². The number of thioether (sulfide) groups is 1. The van der Waals surface area contributed by atoms with Crippen LogP contribution in [-0.4, -0.2) is 29.6 Å². The molecule has 0 spiro atoms. The van der Waals surface area contributed by atoms with Crippen LogP contribution in [0.1, 0.15) is 21.5 Å². The van der Waals surface area contributed by atoms with Gasteiger partial charge in [-0.05, 0) is 55.5 Å². The maximum atomic E-state index is 12.7. The van der Waals surface area contributed by atoms with E-state index in [-0.39, 0.29) is 5.91 Å². The minimum atomic E-state index is -0.204. The number of aryl methyl sites for hydroxylation is 3. The van der Waals surface area contributed by atoms with Gasteiger partial charge in [0.05, 0.1) is 17.3 Å². The van der Waals surface area contributed by atoms with Gasteiger partial charge in [0.1, 0.15) is 5.75 Å². The molecular weight excluding hydrogens is 364 g/mol. The van der Waals surface area contributed by atoms with Crippen molar-refractivity contribution < 1.29 is 9.53 Å². The third-order valence-electron chi connectivity index (χ3n) is 4.36. The molecule has 3 aromatic rings. The van der Waals surface area contributed by atoms with Crippen LogP contribution in [0.15, 0.2) is 41.4 Å². The normalized spacial score (nSPS) is 11.9. The summed E-state index contributed by atoms with van der Waals surface area (Å²) in [7, 11) is 1.66. The van der Waals surface area contributed by atoms with Crippen molar-refractivity contribution >= 4 is 39.2 Å². The minimum absolute atomic E-state index is 0.204. The predicted octanol–water partition coefficient (Wildman–Crippen LogP) is 4.43. The smallest absolute Gasteiger partial charge is 0.279 e. The van der Waals surface area contributed by atoms with E-state index in [1.807, 2.05) is 50.2 Å². The van der Waals surface area contributed by atoms with Gasteiger partial charge in [0.2, 0.25) is 0 Å². The number of benzene rings is 2. The third-order valence-corrected chi connectivity index (χ3v) is 6.01. The van der Waals surface area contributed by atoms with Gasteiger partial charge in [-0.3, -0.25) is 4.79 Å². The van der Waals surface area contributed by atoms with Crippen LogP contribution in [0.5, 0.6) is 5.75 Å². The molecule has 2 aromatic carbocycles. The molecule has 1 amide bonds. The summed E-state index contributed by atoms with van der Waals surface area (Å²) in [5.41, 5.74) is 3.95. The van der Waals surface area contributed by atoms with Gasteiger partial charge in [-0.2, -0.15) is 16.8 Å². The second-order valence-electron chi connectivity index (χ2n) is 6.08. The molecule has 0 N–H and O–H groups in total. The third kappa shape index (κ3) is 3.86.